The van der Waals surface area contributed by atoms with E-state index in [1.807, 2.05) is 24.4 Å². The molecule has 2 aromatic heterocycles. The van der Waals surface area contributed by atoms with E-state index in [2.05, 4.69) is 5.10 Å². The van der Waals surface area contributed by atoms with Crippen LogP contribution in [0.5, 0.6) is 0 Å². The summed E-state index contributed by atoms with van der Waals surface area (Å²) in [5.74, 6) is -0.372. The molecule has 0 saturated heterocycles. The predicted molar refractivity (Wildman–Crippen MR) is 63.5 cm³/mol. The molecule has 0 aromatic carbocycles. The summed E-state index contributed by atoms with van der Waals surface area (Å²) < 4.78 is 6.63. The number of nitrogens with zero attached hydrogens (tertiary/aromatic N) is 2. The largest absolute Gasteiger partial charge is 0.465 e. The van der Waals surface area contributed by atoms with E-state index in [0.717, 1.165) is 11.1 Å². The van der Waals surface area contributed by atoms with Crippen LogP contribution in [0.15, 0.2) is 30.6 Å². The van der Waals surface area contributed by atoms with E-state index in [1.165, 1.54) is 0 Å². The van der Waals surface area contributed by atoms with Crippen molar-refractivity contribution < 1.29 is 9.53 Å². The molecule has 17 heavy (non-hydrogen) atoms. The van der Waals surface area contributed by atoms with Crippen molar-refractivity contribution in [2.24, 2.45) is 5.73 Å². The fourth-order valence-corrected chi connectivity index (χ4v) is 1.71. The Hall–Kier alpha value is -1.88. The Morgan fingerprint density at radius 1 is 1.59 bits per heavy atom. The third kappa shape index (κ3) is 2.45. The summed E-state index contributed by atoms with van der Waals surface area (Å²) >= 11 is 0. The van der Waals surface area contributed by atoms with Crippen molar-refractivity contribution in [2.75, 3.05) is 6.61 Å². The van der Waals surface area contributed by atoms with E-state index in [0.29, 0.717) is 13.0 Å². The lowest BCUT2D eigenvalue weighted by atomic mass is 10.1. The van der Waals surface area contributed by atoms with Gasteiger partial charge in [-0.25, -0.2) is 4.52 Å². The van der Waals surface area contributed by atoms with E-state index in [1.54, 1.807) is 17.6 Å². The first-order valence-electron chi connectivity index (χ1n) is 5.56. The number of hydrogen-bond donors (Lipinski definition) is 1. The zero-order valence-corrected chi connectivity index (χ0v) is 9.67. The second-order valence-electron chi connectivity index (χ2n) is 3.76. The molecule has 0 aliphatic rings. The Labute approximate surface area is 99.2 Å². The van der Waals surface area contributed by atoms with Gasteiger partial charge in [0, 0.05) is 18.2 Å². The van der Waals surface area contributed by atoms with Crippen molar-refractivity contribution in [1.29, 1.82) is 0 Å². The summed E-state index contributed by atoms with van der Waals surface area (Å²) in [5.41, 5.74) is 7.69. The van der Waals surface area contributed by atoms with E-state index in [9.17, 15) is 4.79 Å². The van der Waals surface area contributed by atoms with Crippen LogP contribution >= 0.6 is 0 Å². The van der Waals surface area contributed by atoms with Gasteiger partial charge in [-0.05, 0) is 19.1 Å². The number of esters is 1. The van der Waals surface area contributed by atoms with Crippen molar-refractivity contribution >= 4 is 11.5 Å². The molecule has 0 fully saturated rings. The van der Waals surface area contributed by atoms with Gasteiger partial charge in [0.25, 0.3) is 0 Å². The van der Waals surface area contributed by atoms with Gasteiger partial charge in [-0.3, -0.25) is 4.79 Å². The molecule has 5 heteroatoms. The first-order valence-corrected chi connectivity index (χ1v) is 5.56. The summed E-state index contributed by atoms with van der Waals surface area (Å²) in [6, 6.07) is 5.13. The Bertz CT molecular complexity index is 521. The van der Waals surface area contributed by atoms with Crippen LogP contribution in [-0.4, -0.2) is 28.2 Å². The lowest BCUT2D eigenvalue weighted by Gasteiger charge is -2.09. The van der Waals surface area contributed by atoms with Crippen LogP contribution in [0.3, 0.4) is 0 Å². The van der Waals surface area contributed by atoms with Gasteiger partial charge in [0.05, 0.1) is 18.3 Å². The summed E-state index contributed by atoms with van der Waals surface area (Å²) in [5, 5.41) is 4.19. The molecule has 0 spiro atoms. The molecule has 2 aromatic rings. The molecule has 1 unspecified atom stereocenters. The SMILES string of the molecule is CCOC(=O)C(N)Cc1cnn2ccccc12. The predicted octanol–water partition coefficient (Wildman–Crippen LogP) is 0.767. The number of carbonyl (C=O) groups is 1. The highest BCUT2D eigenvalue weighted by molar-refractivity contribution is 5.76. The Morgan fingerprint density at radius 2 is 2.41 bits per heavy atom. The number of fused-ring (bicyclic) bond motifs is 1. The average Bonchev–Trinajstić information content (AvgIpc) is 2.73. The van der Waals surface area contributed by atoms with Crippen LogP contribution in [-0.2, 0) is 16.0 Å². The fraction of sp³-hybridized carbons (Fsp3) is 0.333. The van der Waals surface area contributed by atoms with Crippen molar-refractivity contribution in [2.45, 2.75) is 19.4 Å². The molecule has 0 bridgehead atoms. The van der Waals surface area contributed by atoms with Crippen LogP contribution < -0.4 is 5.73 Å². The molecule has 5 nitrogen and oxygen atoms in total. The van der Waals surface area contributed by atoms with E-state index in [4.69, 9.17) is 10.5 Å². The topological polar surface area (TPSA) is 69.6 Å². The van der Waals surface area contributed by atoms with Gasteiger partial charge in [-0.15, -0.1) is 0 Å². The van der Waals surface area contributed by atoms with E-state index < -0.39 is 6.04 Å². The summed E-state index contributed by atoms with van der Waals surface area (Å²) in [6.07, 6.45) is 4.02. The normalized spacial score (nSPS) is 12.6. The molecule has 2 N–H and O–H groups in total. The minimum Gasteiger partial charge on any atom is -0.465 e. The maximum Gasteiger partial charge on any atom is 0.323 e. The molecule has 0 saturated carbocycles. The highest BCUT2D eigenvalue weighted by atomic mass is 16.5. The molecule has 2 rings (SSSR count). The van der Waals surface area contributed by atoms with Gasteiger partial charge < -0.3 is 10.5 Å². The van der Waals surface area contributed by atoms with Gasteiger partial charge in [0.15, 0.2) is 0 Å². The summed E-state index contributed by atoms with van der Waals surface area (Å²) in [6.45, 7) is 2.11. The van der Waals surface area contributed by atoms with Crippen LogP contribution in [0.2, 0.25) is 0 Å². The molecule has 0 amide bonds. The lowest BCUT2D eigenvalue weighted by Crippen LogP contribution is -2.34. The number of pyridine rings is 1. The van der Waals surface area contributed by atoms with Crippen LogP contribution in [0.25, 0.3) is 5.52 Å². The maximum atomic E-state index is 11.4. The minimum absolute atomic E-state index is 0.349. The molecule has 0 radical (unpaired) electrons. The summed E-state index contributed by atoms with van der Waals surface area (Å²) in [4.78, 5) is 11.4. The zero-order valence-electron chi connectivity index (χ0n) is 9.67. The molecular formula is C12H15N3O2. The Balaban J connectivity index is 2.16. The quantitative estimate of drug-likeness (QED) is 0.792. The molecule has 0 aliphatic carbocycles. The van der Waals surface area contributed by atoms with Crippen molar-refractivity contribution in [3.05, 3.63) is 36.2 Å². The molecular weight excluding hydrogens is 218 g/mol. The number of hydrogen-bond acceptors (Lipinski definition) is 4. The first kappa shape index (κ1) is 11.6. The van der Waals surface area contributed by atoms with Crippen molar-refractivity contribution in [3.63, 3.8) is 0 Å². The third-order valence-electron chi connectivity index (χ3n) is 2.54. The highest BCUT2D eigenvalue weighted by Crippen LogP contribution is 2.11. The zero-order chi connectivity index (χ0) is 12.3. The van der Waals surface area contributed by atoms with Crippen molar-refractivity contribution in [3.8, 4) is 0 Å². The highest BCUT2D eigenvalue weighted by Gasteiger charge is 2.17. The van der Waals surface area contributed by atoms with Crippen molar-refractivity contribution in [1.82, 2.24) is 9.61 Å². The minimum atomic E-state index is -0.636. The van der Waals surface area contributed by atoms with Crippen LogP contribution in [0, 0.1) is 0 Å². The Kier molecular flexibility index (Phi) is 3.39. The smallest absolute Gasteiger partial charge is 0.323 e. The molecule has 2 heterocycles. The van der Waals surface area contributed by atoms with Gasteiger partial charge >= 0.3 is 5.97 Å². The second-order valence-corrected chi connectivity index (χ2v) is 3.76. The van der Waals surface area contributed by atoms with E-state index >= 15 is 0 Å². The molecule has 90 valence electrons. The number of aromatic nitrogens is 2. The number of nitrogens with two attached hydrogens (primary N) is 1. The third-order valence-corrected chi connectivity index (χ3v) is 2.54. The summed E-state index contributed by atoms with van der Waals surface area (Å²) in [7, 11) is 0. The van der Waals surface area contributed by atoms with Gasteiger partial charge in [-0.2, -0.15) is 5.10 Å². The van der Waals surface area contributed by atoms with Crippen LogP contribution in [0.1, 0.15) is 12.5 Å². The average molecular weight is 233 g/mol. The monoisotopic (exact) mass is 233 g/mol. The number of ether oxygens (including phenoxy) is 1. The van der Waals surface area contributed by atoms with Gasteiger partial charge in [0.1, 0.15) is 6.04 Å². The van der Waals surface area contributed by atoms with E-state index in [-0.39, 0.29) is 5.97 Å². The second kappa shape index (κ2) is 4.97. The maximum absolute atomic E-state index is 11.4. The number of carbonyl (C=O) groups excluding carboxylic acids is 1. The first-order chi connectivity index (χ1) is 8.22. The molecule has 0 aliphatic heterocycles. The van der Waals surface area contributed by atoms with Gasteiger partial charge in [-0.1, -0.05) is 6.07 Å². The standard InChI is InChI=1S/C12H15N3O2/c1-2-17-12(16)10(13)7-9-8-14-15-6-4-3-5-11(9)15/h3-6,8,10H,2,7,13H2,1H3. The van der Waals surface area contributed by atoms with Gasteiger partial charge in [0.2, 0.25) is 0 Å². The fourth-order valence-electron chi connectivity index (χ4n) is 1.71. The van der Waals surface area contributed by atoms with Crippen LogP contribution in [0.4, 0.5) is 0 Å². The Morgan fingerprint density at radius 3 is 3.18 bits per heavy atom. The lowest BCUT2D eigenvalue weighted by molar-refractivity contribution is -0.144. The number of rotatable bonds is 4. The molecule has 1 atom stereocenters.